The molecule has 2 saturated heterocycles. The molecule has 11 heteroatoms. The van der Waals surface area contributed by atoms with Gasteiger partial charge in [0, 0.05) is 83.8 Å². The second kappa shape index (κ2) is 13.8. The van der Waals surface area contributed by atoms with Gasteiger partial charge in [-0.3, -0.25) is 14.6 Å². The summed E-state index contributed by atoms with van der Waals surface area (Å²) in [5.41, 5.74) is 11.4. The fraction of sp³-hybridized carbons (Fsp3) is 0.964. The molecule has 2 saturated carbocycles. The predicted octanol–water partition coefficient (Wildman–Crippen LogP) is 3.08. The predicted molar refractivity (Wildman–Crippen MR) is 147 cm³/mol. The van der Waals surface area contributed by atoms with E-state index >= 15 is 0 Å². The number of carbonyl (C=O) groups excluding carboxylic acids is 1. The van der Waals surface area contributed by atoms with E-state index in [2.05, 4.69) is 42.4 Å². The molecule has 4 aliphatic rings. The molecule has 2 aliphatic heterocycles. The Hall–Kier alpha value is -1.01. The summed E-state index contributed by atoms with van der Waals surface area (Å²) in [6, 6.07) is -1.26. The van der Waals surface area contributed by atoms with Gasteiger partial charge >= 0.3 is 0 Å². The molecule has 0 bridgehead atoms. The van der Waals surface area contributed by atoms with Gasteiger partial charge in [-0.05, 0) is 59.3 Å². The summed E-state index contributed by atoms with van der Waals surface area (Å²) in [5, 5.41) is 0. The van der Waals surface area contributed by atoms with Gasteiger partial charge in [-0.15, -0.1) is 0 Å². The van der Waals surface area contributed by atoms with Crippen LogP contribution in [0.1, 0.15) is 66.2 Å². The maximum atomic E-state index is 13.6. The highest BCUT2D eigenvalue weighted by atomic mass is 19.3. The van der Waals surface area contributed by atoms with Gasteiger partial charge in [0.1, 0.15) is 0 Å². The number of amides is 1. The molecule has 0 aromatic rings. The van der Waals surface area contributed by atoms with Crippen molar-refractivity contribution < 1.29 is 22.4 Å². The van der Waals surface area contributed by atoms with Crippen molar-refractivity contribution in [1.82, 2.24) is 19.6 Å². The summed E-state index contributed by atoms with van der Waals surface area (Å²) in [6.07, 6.45) is 2.09. The van der Waals surface area contributed by atoms with Crippen LogP contribution in [0.4, 0.5) is 17.6 Å². The normalized spacial score (nSPS) is 32.7. The minimum atomic E-state index is -2.90. The molecule has 0 aromatic heterocycles. The van der Waals surface area contributed by atoms with Gasteiger partial charge < -0.3 is 21.3 Å². The molecule has 4 N–H and O–H groups in total. The second-order valence-electron chi connectivity index (χ2n) is 12.6. The Bertz CT molecular complexity index is 769. The number of piperazine rings is 2. The Morgan fingerprint density at radius 2 is 1.21 bits per heavy atom. The van der Waals surface area contributed by atoms with Crippen molar-refractivity contribution in [2.24, 2.45) is 23.3 Å². The molecule has 39 heavy (non-hydrogen) atoms. The van der Waals surface area contributed by atoms with Gasteiger partial charge in [0.05, 0.1) is 18.0 Å². The van der Waals surface area contributed by atoms with Crippen molar-refractivity contribution in [2.75, 3.05) is 58.9 Å². The van der Waals surface area contributed by atoms with E-state index in [1.54, 1.807) is 4.90 Å². The van der Waals surface area contributed by atoms with Crippen LogP contribution < -0.4 is 11.5 Å². The number of rotatable bonds is 5. The Morgan fingerprint density at radius 3 is 1.72 bits per heavy atom. The van der Waals surface area contributed by atoms with Crippen LogP contribution in [0.15, 0.2) is 0 Å². The minimum Gasteiger partial charge on any atom is -0.340 e. The quantitative estimate of drug-likeness (QED) is 0.500. The molecule has 4 rings (SSSR count). The topological polar surface area (TPSA) is 82.1 Å². The molecule has 228 valence electrons. The van der Waals surface area contributed by atoms with Crippen LogP contribution in [0.3, 0.4) is 0 Å². The fourth-order valence-corrected chi connectivity index (χ4v) is 6.46. The van der Waals surface area contributed by atoms with E-state index in [-0.39, 0.29) is 24.7 Å². The minimum absolute atomic E-state index is 0.0359. The lowest BCUT2D eigenvalue weighted by molar-refractivity contribution is -0.147. The third-order valence-electron chi connectivity index (χ3n) is 9.33. The standard InChI is InChI=1S/C14H25F2N3O.C14H27F2N3/c1-10(2)18-6-8-19(9-7-18)13(20)11-4-3-5-14(15,16)12(11)17;1-11(2)19-8-6-18(7-9-19)10-12-4-3-5-14(15,16)13(12)17/h10-12H,3-9,17H2,1-2H3;11-13H,3-10,17H2,1-2H3/t11-,12+;12-,13-/m01/s1. The number of hydrogen-bond donors (Lipinski definition) is 2. The van der Waals surface area contributed by atoms with E-state index in [0.717, 1.165) is 52.2 Å². The number of nitrogens with zero attached hydrogens (tertiary/aromatic N) is 4. The lowest BCUT2D eigenvalue weighted by Crippen LogP contribution is -2.58. The molecular formula is C28H52F4N6O. The van der Waals surface area contributed by atoms with Crippen LogP contribution in [-0.4, -0.2) is 120 Å². The van der Waals surface area contributed by atoms with Gasteiger partial charge in [-0.25, -0.2) is 17.6 Å². The Morgan fingerprint density at radius 1 is 0.744 bits per heavy atom. The second-order valence-corrected chi connectivity index (χ2v) is 12.6. The smallest absolute Gasteiger partial charge is 0.263 e. The van der Waals surface area contributed by atoms with Gasteiger partial charge in [-0.2, -0.15) is 0 Å². The van der Waals surface area contributed by atoms with Crippen LogP contribution in [0.25, 0.3) is 0 Å². The number of halogens is 4. The lowest BCUT2D eigenvalue weighted by atomic mass is 9.81. The lowest BCUT2D eigenvalue weighted by Gasteiger charge is -2.41. The monoisotopic (exact) mass is 564 g/mol. The van der Waals surface area contributed by atoms with Crippen LogP contribution in [0.5, 0.6) is 0 Å². The highest BCUT2D eigenvalue weighted by Crippen LogP contribution is 2.37. The van der Waals surface area contributed by atoms with Crippen LogP contribution in [-0.2, 0) is 4.79 Å². The van der Waals surface area contributed by atoms with E-state index in [1.165, 1.54) is 0 Å². The zero-order valence-corrected chi connectivity index (χ0v) is 24.4. The van der Waals surface area contributed by atoms with E-state index in [0.29, 0.717) is 44.4 Å². The van der Waals surface area contributed by atoms with Gasteiger partial charge in [0.15, 0.2) is 0 Å². The van der Waals surface area contributed by atoms with Crippen LogP contribution in [0, 0.1) is 11.8 Å². The molecule has 0 aromatic carbocycles. The molecule has 0 radical (unpaired) electrons. The zero-order valence-electron chi connectivity index (χ0n) is 24.4. The number of nitrogens with two attached hydrogens (primary N) is 2. The van der Waals surface area contributed by atoms with Crippen molar-refractivity contribution >= 4 is 5.91 Å². The molecule has 4 fully saturated rings. The molecule has 7 nitrogen and oxygen atoms in total. The van der Waals surface area contributed by atoms with Crippen LogP contribution >= 0.6 is 0 Å². The summed E-state index contributed by atoms with van der Waals surface area (Å²) in [5.74, 6) is -6.51. The van der Waals surface area contributed by atoms with Crippen molar-refractivity contribution in [3.05, 3.63) is 0 Å². The molecule has 2 aliphatic carbocycles. The largest absolute Gasteiger partial charge is 0.340 e. The number of carbonyl (C=O) groups is 1. The maximum Gasteiger partial charge on any atom is 0.263 e. The Labute approximate surface area is 232 Å². The highest BCUT2D eigenvalue weighted by molar-refractivity contribution is 5.80. The van der Waals surface area contributed by atoms with Gasteiger partial charge in [0.25, 0.3) is 11.8 Å². The summed E-state index contributed by atoms with van der Waals surface area (Å²) < 4.78 is 54.5. The highest BCUT2D eigenvalue weighted by Gasteiger charge is 2.48. The van der Waals surface area contributed by atoms with E-state index in [1.807, 2.05) is 0 Å². The maximum absolute atomic E-state index is 13.6. The molecule has 4 atom stereocenters. The van der Waals surface area contributed by atoms with Crippen LogP contribution in [0.2, 0.25) is 0 Å². The van der Waals surface area contributed by atoms with Crippen molar-refractivity contribution in [1.29, 1.82) is 0 Å². The van der Waals surface area contributed by atoms with E-state index in [4.69, 9.17) is 11.5 Å². The zero-order chi connectivity index (χ0) is 29.0. The fourth-order valence-electron chi connectivity index (χ4n) is 6.46. The summed E-state index contributed by atoms with van der Waals surface area (Å²) >= 11 is 0. The van der Waals surface area contributed by atoms with Crippen molar-refractivity contribution in [2.45, 2.75) is 102 Å². The molecule has 2 heterocycles. The average Bonchev–Trinajstić information content (AvgIpc) is 2.89. The van der Waals surface area contributed by atoms with Gasteiger partial charge in [0.2, 0.25) is 5.91 Å². The summed E-state index contributed by atoms with van der Waals surface area (Å²) in [6.45, 7) is 16.3. The SMILES string of the molecule is CC(C)N1CCN(C(=O)[C@H]2CCCC(F)(F)[C@@H]2N)CC1.CC(C)N1CCN(C[C@H]2CCCC(F)(F)[C@@H]2N)CC1. The van der Waals surface area contributed by atoms with E-state index in [9.17, 15) is 22.4 Å². The van der Waals surface area contributed by atoms with Crippen molar-refractivity contribution in [3.8, 4) is 0 Å². The molecular weight excluding hydrogens is 512 g/mol. The average molecular weight is 565 g/mol. The summed E-state index contributed by atoms with van der Waals surface area (Å²) in [4.78, 5) is 21.2. The first-order valence-electron chi connectivity index (χ1n) is 15.0. The first kappa shape index (κ1) is 32.5. The first-order valence-corrected chi connectivity index (χ1v) is 15.0. The summed E-state index contributed by atoms with van der Waals surface area (Å²) in [7, 11) is 0. The number of alkyl halides is 4. The Balaban J connectivity index is 0.000000216. The third kappa shape index (κ3) is 8.50. The van der Waals surface area contributed by atoms with E-state index < -0.39 is 29.8 Å². The Kier molecular flexibility index (Phi) is 11.5. The molecule has 0 spiro atoms. The molecule has 0 unspecified atom stereocenters. The number of hydrogen-bond acceptors (Lipinski definition) is 6. The third-order valence-corrected chi connectivity index (χ3v) is 9.33. The van der Waals surface area contributed by atoms with Gasteiger partial charge in [-0.1, -0.05) is 0 Å². The van der Waals surface area contributed by atoms with Crippen molar-refractivity contribution in [3.63, 3.8) is 0 Å². The first-order chi connectivity index (χ1) is 18.2. The molecule has 1 amide bonds.